The van der Waals surface area contributed by atoms with Gasteiger partial charge in [-0.25, -0.2) is 24.1 Å². The van der Waals surface area contributed by atoms with Gasteiger partial charge in [0.2, 0.25) is 0 Å². The summed E-state index contributed by atoms with van der Waals surface area (Å²) in [7, 11) is -6.30. The summed E-state index contributed by atoms with van der Waals surface area (Å²) in [6.07, 6.45) is 0.0178. The first-order valence-corrected chi connectivity index (χ1v) is 34.2. The molecule has 21 nitrogen and oxygen atoms in total. The van der Waals surface area contributed by atoms with Crippen molar-refractivity contribution in [2.45, 2.75) is 128 Å². The van der Waals surface area contributed by atoms with E-state index in [4.69, 9.17) is 69.1 Å². The Bertz CT molecular complexity index is 3360. The van der Waals surface area contributed by atoms with Gasteiger partial charge in [0.15, 0.2) is 0 Å². The normalized spacial score (nSPS) is 9.91. The van der Waals surface area contributed by atoms with Gasteiger partial charge in [-0.05, 0) is 159 Å². The smallest absolute Gasteiger partial charge is 0.870 e. The number of carbonyl (C=O) groups is 4. The van der Waals surface area contributed by atoms with Gasteiger partial charge in [0, 0.05) is 11.5 Å². The molecule has 0 aromatic heterocycles. The predicted octanol–water partition coefficient (Wildman–Crippen LogP) is 14.0. The Kier molecular flexibility index (Phi) is 53.4. The first kappa shape index (κ1) is 98.2. The van der Waals surface area contributed by atoms with Crippen LogP contribution in [0.3, 0.4) is 0 Å². The third-order valence-corrected chi connectivity index (χ3v) is 14.0. The fourth-order valence-electron chi connectivity index (χ4n) is 8.85. The average Bonchev–Trinajstić information content (AvgIpc) is 0.878. The van der Waals surface area contributed by atoms with E-state index in [2.05, 4.69) is 146 Å². The van der Waals surface area contributed by atoms with Crippen LogP contribution in [0.15, 0.2) is 127 Å². The van der Waals surface area contributed by atoms with Gasteiger partial charge in [-0.3, -0.25) is 29.9 Å². The van der Waals surface area contributed by atoms with E-state index in [1.165, 1.54) is 90.1 Å². The maximum atomic E-state index is 11.6. The van der Waals surface area contributed by atoms with Crippen LogP contribution < -0.4 is 40.8 Å². The Hall–Kier alpha value is -5.50. The van der Waals surface area contributed by atoms with E-state index < -0.39 is 44.8 Å². The fraction of sp³-hybridized carbons (Fsp3) is 0.324. The van der Waals surface area contributed by atoms with Gasteiger partial charge < -0.3 is 40.3 Å². The summed E-state index contributed by atoms with van der Waals surface area (Å²) < 4.78 is 22.4. The quantitative estimate of drug-likeness (QED) is 0.0133. The van der Waals surface area contributed by atoms with E-state index in [1.807, 2.05) is 65.3 Å². The number of rotatable bonds is 17. The average molecular weight is 1480 g/mol. The number of halogens is 3. The van der Waals surface area contributed by atoms with Crippen LogP contribution in [0, 0.1) is 76.2 Å². The molecular formula is C68H94BrCl2N2NaO19P2. The SMILES string of the molecule is C.C.Cc1cc(C)cc(C)c1.Cc1cc(C)cc(CBr)c1.Cc1cc(C)cc(CONO)c1.Cc1cc(C)cc(COO)c1.Cc1cc(C)cc(CP(C)(C)=O)c1.ClCCl.O=C(O)c1cc(CONO)cc(C(=O)O)c1.O=C(O)c1cc(CP(=O)(O)O)cc(C(=O)O)c1.[Na+].[OH-]. The number of aryl methyl sites for hydroxylation is 11. The zero-order chi connectivity index (χ0) is 69.8. The largest absolute Gasteiger partial charge is 1.00 e. The Morgan fingerprint density at radius 3 is 0.842 bits per heavy atom. The summed E-state index contributed by atoms with van der Waals surface area (Å²) in [6, 6.07) is 38.3. The van der Waals surface area contributed by atoms with Crippen LogP contribution in [0.4, 0.5) is 0 Å². The van der Waals surface area contributed by atoms with Gasteiger partial charge in [-0.15, -0.1) is 23.2 Å². The second-order valence-electron chi connectivity index (χ2n) is 21.5. The van der Waals surface area contributed by atoms with Crippen molar-refractivity contribution in [3.63, 3.8) is 0 Å². The predicted molar refractivity (Wildman–Crippen MR) is 375 cm³/mol. The third-order valence-electron chi connectivity index (χ3n) is 11.4. The number of benzene rings is 7. The Morgan fingerprint density at radius 2 is 0.621 bits per heavy atom. The van der Waals surface area contributed by atoms with Gasteiger partial charge in [-0.2, -0.15) is 0 Å². The number of nitrogens with one attached hydrogen (secondary N) is 2. The van der Waals surface area contributed by atoms with E-state index >= 15 is 0 Å². The molecule has 27 heteroatoms. The number of hydrogen-bond acceptors (Lipinski definition) is 15. The Balaban J connectivity index is -0.000000330. The summed E-state index contributed by atoms with van der Waals surface area (Å²) in [6.45, 7) is 27.0. The van der Waals surface area contributed by atoms with Crippen molar-refractivity contribution in [1.82, 2.24) is 11.3 Å². The van der Waals surface area contributed by atoms with Gasteiger partial charge >= 0.3 is 61.0 Å². The molecule has 0 atom stereocenters. The van der Waals surface area contributed by atoms with Crippen molar-refractivity contribution < 1.29 is 124 Å². The molecule has 7 aromatic carbocycles. The molecule has 0 radical (unpaired) electrons. The van der Waals surface area contributed by atoms with E-state index in [0.29, 0.717) is 12.2 Å². The Labute approximate surface area is 599 Å². The molecule has 522 valence electrons. The molecule has 0 fully saturated rings. The molecule has 0 saturated heterocycles. The minimum atomic E-state index is -4.37. The second-order valence-corrected chi connectivity index (χ2v) is 28.0. The van der Waals surface area contributed by atoms with Crippen LogP contribution in [-0.4, -0.2) is 93.9 Å². The zero-order valence-corrected chi connectivity index (χ0v) is 61.6. The first-order valence-electron chi connectivity index (χ1n) is 27.5. The minimum Gasteiger partial charge on any atom is -0.870 e. The van der Waals surface area contributed by atoms with Crippen LogP contribution >= 0.6 is 53.9 Å². The maximum absolute atomic E-state index is 11.6. The summed E-state index contributed by atoms with van der Waals surface area (Å²) in [5.41, 5.74) is 21.0. The van der Waals surface area contributed by atoms with Crippen molar-refractivity contribution in [2.75, 3.05) is 18.7 Å². The first-order chi connectivity index (χ1) is 42.3. The second kappa shape index (κ2) is 51.7. The zero-order valence-electron chi connectivity index (χ0n) is 54.7. The molecule has 0 aliphatic rings. The number of carboxylic acid groups (broad SMARTS) is 4. The summed E-state index contributed by atoms with van der Waals surface area (Å²) in [5.74, 6) is -5.19. The molecule has 12 N–H and O–H groups in total. The molecule has 7 rings (SSSR count). The molecule has 0 amide bonds. The molecule has 0 aliphatic carbocycles. The standard InChI is InChI=1S/C11H17OP.C9H11Br.C9H9NO6.C9H13NO2.C9H9O7P.C9H12O2.C9H12.CH2Cl2.2CH4.Na.H2O/c1-9-5-10(2)7-11(6-9)8-13(3,4)12;1-7-3-8(2)5-9(4-7)6-10;11-8(12)6-1-5(4-16-10-15)2-7(3-6)9(13)14;1-7-3-8(2)5-9(4-7)6-12-10-11;10-8(11)6-1-5(4-17(14,15)16)2-7(3-6)9(12)13;1-7-3-8(2)5-9(4-7)6-11-10;1-7-4-8(2)6-9(3)5-7;2-1-3;;;;/h5-7H,8H2,1-4H3;3-5H,6H2,1-2H3;1-3,10,15H,4H2,(H,11,12)(H,13,14);3-5,10-11H,6H2,1-2H3;1-3H,4H2,(H,10,11)(H,12,13)(H2,14,15,16);3-5,10H,6H2,1-2H3;4-6H,1-3H3;1H2;2*1H4;;1H2/q;;;;;;;;;;+1;/p-1. The molecule has 0 unspecified atom stereocenters. The molecule has 0 bridgehead atoms. The van der Waals surface area contributed by atoms with E-state index in [1.54, 1.807) is 5.64 Å². The Morgan fingerprint density at radius 1 is 0.411 bits per heavy atom. The van der Waals surface area contributed by atoms with Crippen molar-refractivity contribution in [2.24, 2.45) is 0 Å². The summed E-state index contributed by atoms with van der Waals surface area (Å²) in [4.78, 5) is 73.4. The maximum Gasteiger partial charge on any atom is 1.00 e. The summed E-state index contributed by atoms with van der Waals surface area (Å²) >= 11 is 13.0. The van der Waals surface area contributed by atoms with Crippen LogP contribution in [0.25, 0.3) is 0 Å². The third kappa shape index (κ3) is 48.0. The van der Waals surface area contributed by atoms with Crippen molar-refractivity contribution in [3.05, 3.63) is 244 Å². The molecule has 0 saturated carbocycles. The molecule has 0 aliphatic heterocycles. The topological polar surface area (TPSA) is 366 Å². The van der Waals surface area contributed by atoms with Crippen molar-refractivity contribution >= 4 is 77.7 Å². The van der Waals surface area contributed by atoms with Crippen LogP contribution in [0.1, 0.15) is 151 Å². The number of hydrogen-bond donors (Lipinski definition) is 11. The molecule has 95 heavy (non-hydrogen) atoms. The fourth-order valence-corrected chi connectivity index (χ4v) is 10.9. The number of carboxylic acids is 4. The molecule has 7 aromatic rings. The number of aromatic carboxylic acids is 4. The monoisotopic (exact) mass is 1480 g/mol. The van der Waals surface area contributed by atoms with Gasteiger partial charge in [0.25, 0.3) is 0 Å². The van der Waals surface area contributed by atoms with Crippen molar-refractivity contribution in [3.8, 4) is 0 Å². The van der Waals surface area contributed by atoms with Crippen LogP contribution in [0.2, 0.25) is 0 Å². The molecule has 0 spiro atoms. The van der Waals surface area contributed by atoms with Crippen molar-refractivity contribution in [1.29, 1.82) is 0 Å². The number of alkyl halides is 3. The van der Waals surface area contributed by atoms with E-state index in [0.717, 1.165) is 46.9 Å². The summed E-state index contributed by atoms with van der Waals surface area (Å²) in [5, 5.41) is 60.7. The molecular weight excluding hydrogens is 1380 g/mol. The van der Waals surface area contributed by atoms with Gasteiger partial charge in [0.1, 0.15) is 6.61 Å². The van der Waals surface area contributed by atoms with E-state index in [9.17, 15) is 28.3 Å². The minimum absolute atomic E-state index is 0. The van der Waals surface area contributed by atoms with Crippen LogP contribution in [-0.2, 0) is 61.2 Å². The van der Waals surface area contributed by atoms with E-state index in [-0.39, 0.29) is 96.3 Å². The molecule has 0 heterocycles. The van der Waals surface area contributed by atoms with Gasteiger partial charge in [-0.1, -0.05) is 194 Å². The van der Waals surface area contributed by atoms with Crippen LogP contribution in [0.5, 0.6) is 0 Å². The van der Waals surface area contributed by atoms with Gasteiger partial charge in [0.05, 0.1) is 54.1 Å².